The molecule has 0 aromatic carbocycles. The first-order valence-electron chi connectivity index (χ1n) is 5.05. The number of pyridine rings is 1. The molecule has 0 aliphatic carbocycles. The van der Waals surface area contributed by atoms with Gasteiger partial charge in [0.05, 0.1) is 5.69 Å². The highest BCUT2D eigenvalue weighted by molar-refractivity contribution is 9.10. The minimum atomic E-state index is 0.988. The van der Waals surface area contributed by atoms with Crippen molar-refractivity contribution < 1.29 is 0 Å². The minimum Gasteiger partial charge on any atom is -0.294 e. The minimum absolute atomic E-state index is 0.988. The van der Waals surface area contributed by atoms with Crippen molar-refractivity contribution in [3.63, 3.8) is 0 Å². The predicted octanol–water partition coefficient (Wildman–Crippen LogP) is 3.77. The van der Waals surface area contributed by atoms with Gasteiger partial charge in [0.25, 0.3) is 0 Å². The van der Waals surface area contributed by atoms with Crippen molar-refractivity contribution in [1.82, 2.24) is 9.38 Å². The van der Waals surface area contributed by atoms with Gasteiger partial charge in [-0.15, -0.1) is 11.8 Å². The van der Waals surface area contributed by atoms with E-state index in [1.54, 1.807) is 0 Å². The molecule has 2 heterocycles. The number of hydrogen-bond acceptors (Lipinski definition) is 2. The van der Waals surface area contributed by atoms with E-state index >= 15 is 0 Å². The summed E-state index contributed by atoms with van der Waals surface area (Å²) in [6.45, 7) is 4.32. The molecule has 15 heavy (non-hydrogen) atoms. The zero-order valence-corrected chi connectivity index (χ0v) is 11.2. The summed E-state index contributed by atoms with van der Waals surface area (Å²) in [4.78, 5) is 4.62. The molecule has 0 bridgehead atoms. The lowest BCUT2D eigenvalue weighted by atomic mass is 10.4. The second-order valence-corrected chi connectivity index (χ2v) is 5.39. The molecule has 2 nitrogen and oxygen atoms in total. The van der Waals surface area contributed by atoms with E-state index in [4.69, 9.17) is 0 Å². The molecule has 0 spiro atoms. The maximum atomic E-state index is 4.62. The van der Waals surface area contributed by atoms with E-state index < -0.39 is 0 Å². The lowest BCUT2D eigenvalue weighted by molar-refractivity contribution is 0.963. The van der Waals surface area contributed by atoms with Crippen molar-refractivity contribution >= 4 is 33.3 Å². The van der Waals surface area contributed by atoms with E-state index in [2.05, 4.69) is 51.4 Å². The van der Waals surface area contributed by atoms with Gasteiger partial charge in [-0.1, -0.05) is 29.8 Å². The van der Waals surface area contributed by atoms with Crippen LogP contribution in [0.2, 0.25) is 0 Å². The van der Waals surface area contributed by atoms with Crippen molar-refractivity contribution in [2.45, 2.75) is 25.3 Å². The van der Waals surface area contributed by atoms with Crippen LogP contribution >= 0.6 is 27.7 Å². The number of fused-ring (bicyclic) bond motifs is 1. The van der Waals surface area contributed by atoms with Gasteiger partial charge in [-0.3, -0.25) is 4.40 Å². The van der Waals surface area contributed by atoms with Crippen LogP contribution in [0.3, 0.4) is 0 Å². The molecule has 0 saturated carbocycles. The molecule has 0 aliphatic rings. The lowest BCUT2D eigenvalue weighted by Crippen LogP contribution is -1.88. The summed E-state index contributed by atoms with van der Waals surface area (Å²) in [5, 5.41) is 1.28. The van der Waals surface area contributed by atoms with Crippen LogP contribution in [0.15, 0.2) is 27.8 Å². The first kappa shape index (κ1) is 11.0. The van der Waals surface area contributed by atoms with Gasteiger partial charge >= 0.3 is 0 Å². The second-order valence-electron chi connectivity index (χ2n) is 3.22. The van der Waals surface area contributed by atoms with Gasteiger partial charge in [-0.2, -0.15) is 0 Å². The third-order valence-electron chi connectivity index (χ3n) is 2.23. The molecule has 0 N–H and O–H groups in total. The number of nitrogens with zero attached hydrogens (tertiary/aromatic N) is 2. The molecule has 2 aromatic heterocycles. The fourth-order valence-electron chi connectivity index (χ4n) is 1.57. The number of hydrogen-bond donors (Lipinski definition) is 0. The third-order valence-corrected chi connectivity index (χ3v) is 3.72. The van der Waals surface area contributed by atoms with Crippen LogP contribution in [0.1, 0.15) is 19.5 Å². The highest BCUT2D eigenvalue weighted by Crippen LogP contribution is 2.25. The summed E-state index contributed by atoms with van der Waals surface area (Å²) >= 11 is 5.32. The molecule has 2 rings (SSSR count). The first-order chi connectivity index (χ1) is 7.26. The highest BCUT2D eigenvalue weighted by atomic mass is 79.9. The van der Waals surface area contributed by atoms with Crippen molar-refractivity contribution in [2.24, 2.45) is 0 Å². The molecule has 0 radical (unpaired) electrons. The van der Waals surface area contributed by atoms with Crippen LogP contribution < -0.4 is 0 Å². The Balaban J connectivity index is 2.63. The molecule has 0 aliphatic heterocycles. The average molecular weight is 285 g/mol. The van der Waals surface area contributed by atoms with E-state index in [-0.39, 0.29) is 0 Å². The summed E-state index contributed by atoms with van der Waals surface area (Å²) in [5.74, 6) is 1.08. The second kappa shape index (κ2) is 4.58. The predicted molar refractivity (Wildman–Crippen MR) is 68.7 cm³/mol. The maximum absolute atomic E-state index is 4.62. The average Bonchev–Trinajstić information content (AvgIpc) is 2.56. The van der Waals surface area contributed by atoms with Crippen LogP contribution in [0.5, 0.6) is 0 Å². The molecule has 0 atom stereocenters. The zero-order valence-electron chi connectivity index (χ0n) is 8.83. The molecular formula is C11H13BrN2S. The maximum Gasteiger partial charge on any atom is 0.139 e. The number of aromatic nitrogens is 2. The summed E-state index contributed by atoms with van der Waals surface area (Å²) in [6, 6.07) is 4.10. The van der Waals surface area contributed by atoms with Crippen LogP contribution in [0.4, 0.5) is 0 Å². The molecular weight excluding hydrogens is 272 g/mol. The molecule has 2 aromatic rings. The normalized spacial score (nSPS) is 11.1. The topological polar surface area (TPSA) is 17.3 Å². The van der Waals surface area contributed by atoms with E-state index in [0.29, 0.717) is 0 Å². The van der Waals surface area contributed by atoms with Crippen molar-refractivity contribution in [3.05, 3.63) is 28.5 Å². The Morgan fingerprint density at radius 2 is 2.27 bits per heavy atom. The summed E-state index contributed by atoms with van der Waals surface area (Å²) < 4.78 is 3.24. The Kier molecular flexibility index (Phi) is 3.36. The first-order valence-corrected chi connectivity index (χ1v) is 6.83. The fraction of sp³-hybridized carbons (Fsp3) is 0.364. The number of halogens is 1. The summed E-state index contributed by atoms with van der Waals surface area (Å²) in [5.41, 5.74) is 2.22. The number of rotatable bonds is 3. The van der Waals surface area contributed by atoms with Crippen molar-refractivity contribution in [1.29, 1.82) is 0 Å². The van der Waals surface area contributed by atoms with E-state index in [1.165, 1.54) is 10.7 Å². The van der Waals surface area contributed by atoms with E-state index in [9.17, 15) is 0 Å². The molecule has 80 valence electrons. The van der Waals surface area contributed by atoms with Crippen LogP contribution in [0.25, 0.3) is 5.65 Å². The van der Waals surface area contributed by atoms with Crippen LogP contribution in [-0.2, 0) is 6.42 Å². The number of imidazole rings is 1. The Morgan fingerprint density at radius 3 is 2.93 bits per heavy atom. The van der Waals surface area contributed by atoms with Crippen molar-refractivity contribution in [2.75, 3.05) is 5.75 Å². The molecule has 4 heteroatoms. The smallest absolute Gasteiger partial charge is 0.139 e. The summed E-state index contributed by atoms with van der Waals surface area (Å²) in [6.07, 6.45) is 3.06. The van der Waals surface area contributed by atoms with Crippen LogP contribution in [0, 0.1) is 0 Å². The quantitative estimate of drug-likeness (QED) is 0.799. The zero-order chi connectivity index (χ0) is 10.8. The van der Waals surface area contributed by atoms with Gasteiger partial charge in [0.1, 0.15) is 10.7 Å². The van der Waals surface area contributed by atoms with Gasteiger partial charge in [-0.05, 0) is 24.3 Å². The van der Waals surface area contributed by atoms with E-state index in [0.717, 1.165) is 22.3 Å². The van der Waals surface area contributed by atoms with E-state index in [1.807, 2.05) is 17.8 Å². The molecule has 0 saturated heterocycles. The van der Waals surface area contributed by atoms with Crippen LogP contribution in [-0.4, -0.2) is 15.1 Å². The van der Waals surface area contributed by atoms with Gasteiger partial charge in [-0.25, -0.2) is 4.98 Å². The number of aryl methyl sites for hydroxylation is 1. The third kappa shape index (κ3) is 2.06. The lowest BCUT2D eigenvalue weighted by Gasteiger charge is -2.01. The van der Waals surface area contributed by atoms with Gasteiger partial charge < -0.3 is 0 Å². The Morgan fingerprint density at radius 1 is 1.47 bits per heavy atom. The molecule has 0 unspecified atom stereocenters. The van der Waals surface area contributed by atoms with Gasteiger partial charge in [0, 0.05) is 10.7 Å². The molecule has 0 fully saturated rings. The fourth-order valence-corrected chi connectivity index (χ4v) is 2.81. The Labute approximate surface area is 102 Å². The Bertz CT molecular complexity index is 479. The monoisotopic (exact) mass is 284 g/mol. The van der Waals surface area contributed by atoms with Gasteiger partial charge in [0.2, 0.25) is 0 Å². The standard InChI is InChI=1S/C11H13BrN2S/c1-3-9-11(15-4-2)14-6-5-8(12)7-10(14)13-9/h5-7H,3-4H2,1-2H3. The van der Waals surface area contributed by atoms with Gasteiger partial charge in [0.15, 0.2) is 0 Å². The molecule has 0 amide bonds. The van der Waals surface area contributed by atoms with Crippen molar-refractivity contribution in [3.8, 4) is 0 Å². The number of thioether (sulfide) groups is 1. The summed E-state index contributed by atoms with van der Waals surface area (Å²) in [7, 11) is 0. The highest BCUT2D eigenvalue weighted by Gasteiger charge is 2.10. The SMILES string of the molecule is CCSc1c(CC)nc2cc(Br)ccn12. The largest absolute Gasteiger partial charge is 0.294 e. The Hall–Kier alpha value is -0.480.